The summed E-state index contributed by atoms with van der Waals surface area (Å²) < 4.78 is 0. The Kier molecular flexibility index (Phi) is 5.44. The molecule has 0 bridgehead atoms. The first-order chi connectivity index (χ1) is 4.81. The van der Waals surface area contributed by atoms with Gasteiger partial charge in [-0.2, -0.15) is 0 Å². The number of amides is 1. The molecule has 10 heavy (non-hydrogen) atoms. The van der Waals surface area contributed by atoms with Gasteiger partial charge in [0.2, 0.25) is 5.91 Å². The standard InChI is InChI=1S/C8H13NO/c1-3-5-6-8(10)9-7-4-2/h3-4H,1-2,5-7H2,(H,9,10). The Labute approximate surface area is 61.6 Å². The topological polar surface area (TPSA) is 29.1 Å². The minimum Gasteiger partial charge on any atom is -0.353 e. The molecule has 0 aliphatic rings. The van der Waals surface area contributed by atoms with E-state index < -0.39 is 0 Å². The van der Waals surface area contributed by atoms with E-state index in [1.165, 1.54) is 0 Å². The number of rotatable bonds is 5. The van der Waals surface area contributed by atoms with Gasteiger partial charge in [-0.3, -0.25) is 4.79 Å². The van der Waals surface area contributed by atoms with Gasteiger partial charge in [-0.15, -0.1) is 13.2 Å². The summed E-state index contributed by atoms with van der Waals surface area (Å²) in [5.41, 5.74) is 0. The number of hydrogen-bond acceptors (Lipinski definition) is 1. The minimum atomic E-state index is 0.0554. The maximum Gasteiger partial charge on any atom is 0.220 e. The van der Waals surface area contributed by atoms with Crippen LogP contribution in [-0.2, 0) is 4.79 Å². The van der Waals surface area contributed by atoms with Crippen molar-refractivity contribution in [1.29, 1.82) is 0 Å². The molecule has 0 radical (unpaired) electrons. The molecule has 0 aromatic carbocycles. The molecular formula is C8H13NO. The molecule has 0 heterocycles. The zero-order valence-corrected chi connectivity index (χ0v) is 6.10. The molecule has 0 saturated carbocycles. The fourth-order valence-corrected chi connectivity index (χ4v) is 0.508. The quantitative estimate of drug-likeness (QED) is 0.571. The van der Waals surface area contributed by atoms with Crippen molar-refractivity contribution >= 4 is 5.91 Å². The summed E-state index contributed by atoms with van der Waals surface area (Å²) in [7, 11) is 0. The van der Waals surface area contributed by atoms with Crippen LogP contribution in [0.3, 0.4) is 0 Å². The molecule has 0 aliphatic heterocycles. The van der Waals surface area contributed by atoms with Crippen molar-refractivity contribution in [2.24, 2.45) is 0 Å². The van der Waals surface area contributed by atoms with E-state index in [1.54, 1.807) is 12.2 Å². The predicted octanol–water partition coefficient (Wildman–Crippen LogP) is 1.25. The lowest BCUT2D eigenvalue weighted by molar-refractivity contribution is -0.120. The average Bonchev–Trinajstić information content (AvgIpc) is 1.97. The smallest absolute Gasteiger partial charge is 0.220 e. The second-order valence-corrected chi connectivity index (χ2v) is 1.92. The van der Waals surface area contributed by atoms with Crippen molar-refractivity contribution in [3.63, 3.8) is 0 Å². The molecule has 1 amide bonds. The summed E-state index contributed by atoms with van der Waals surface area (Å²) in [6.45, 7) is 7.54. The van der Waals surface area contributed by atoms with Gasteiger partial charge >= 0.3 is 0 Å². The van der Waals surface area contributed by atoms with E-state index in [1.807, 2.05) is 0 Å². The van der Waals surface area contributed by atoms with Crippen LogP contribution in [0.4, 0.5) is 0 Å². The van der Waals surface area contributed by atoms with Gasteiger partial charge in [0.15, 0.2) is 0 Å². The van der Waals surface area contributed by atoms with Crippen LogP contribution in [0, 0.1) is 0 Å². The van der Waals surface area contributed by atoms with Gasteiger partial charge in [0.25, 0.3) is 0 Å². The summed E-state index contributed by atoms with van der Waals surface area (Å²) in [6.07, 6.45) is 4.65. The Hall–Kier alpha value is -1.05. The highest BCUT2D eigenvalue weighted by molar-refractivity contribution is 5.76. The number of hydrogen-bond donors (Lipinski definition) is 1. The normalized spacial score (nSPS) is 8.40. The van der Waals surface area contributed by atoms with Crippen LogP contribution < -0.4 is 5.32 Å². The van der Waals surface area contributed by atoms with E-state index in [2.05, 4.69) is 18.5 Å². The molecule has 0 unspecified atom stereocenters. The maximum atomic E-state index is 10.8. The first-order valence-corrected chi connectivity index (χ1v) is 3.29. The van der Waals surface area contributed by atoms with E-state index in [4.69, 9.17) is 0 Å². The lowest BCUT2D eigenvalue weighted by atomic mass is 10.3. The Morgan fingerprint density at radius 1 is 1.40 bits per heavy atom. The van der Waals surface area contributed by atoms with E-state index in [-0.39, 0.29) is 5.91 Å². The Balaban J connectivity index is 3.24. The maximum absolute atomic E-state index is 10.8. The SMILES string of the molecule is C=CCCC(=O)NCC=C. The molecule has 0 atom stereocenters. The predicted molar refractivity (Wildman–Crippen MR) is 42.6 cm³/mol. The van der Waals surface area contributed by atoms with Crippen LogP contribution in [0.1, 0.15) is 12.8 Å². The van der Waals surface area contributed by atoms with Gasteiger partial charge in [-0.05, 0) is 6.42 Å². The molecule has 0 aromatic heterocycles. The van der Waals surface area contributed by atoms with Crippen LogP contribution in [0.5, 0.6) is 0 Å². The summed E-state index contributed by atoms with van der Waals surface area (Å²) in [6, 6.07) is 0. The monoisotopic (exact) mass is 139 g/mol. The zero-order chi connectivity index (χ0) is 7.82. The Morgan fingerprint density at radius 2 is 2.10 bits per heavy atom. The molecule has 0 fully saturated rings. The fraction of sp³-hybridized carbons (Fsp3) is 0.375. The van der Waals surface area contributed by atoms with Gasteiger partial charge in [0.05, 0.1) is 0 Å². The molecule has 2 heteroatoms. The fourth-order valence-electron chi connectivity index (χ4n) is 0.508. The van der Waals surface area contributed by atoms with Crippen molar-refractivity contribution in [2.75, 3.05) is 6.54 Å². The number of nitrogens with one attached hydrogen (secondary N) is 1. The van der Waals surface area contributed by atoms with Gasteiger partial charge in [0, 0.05) is 13.0 Å². The Bertz CT molecular complexity index is 115. The van der Waals surface area contributed by atoms with Crippen molar-refractivity contribution in [3.8, 4) is 0 Å². The summed E-state index contributed by atoms with van der Waals surface area (Å²) in [4.78, 5) is 10.8. The molecule has 0 rings (SSSR count). The molecular weight excluding hydrogens is 126 g/mol. The van der Waals surface area contributed by atoms with Crippen molar-refractivity contribution in [3.05, 3.63) is 25.3 Å². The van der Waals surface area contributed by atoms with Gasteiger partial charge in [-0.25, -0.2) is 0 Å². The van der Waals surface area contributed by atoms with E-state index in [0.717, 1.165) is 6.42 Å². The molecule has 1 N–H and O–H groups in total. The van der Waals surface area contributed by atoms with Gasteiger partial charge in [-0.1, -0.05) is 12.2 Å². The largest absolute Gasteiger partial charge is 0.353 e. The third-order valence-corrected chi connectivity index (χ3v) is 1.02. The summed E-state index contributed by atoms with van der Waals surface area (Å²) >= 11 is 0. The Morgan fingerprint density at radius 3 is 2.60 bits per heavy atom. The highest BCUT2D eigenvalue weighted by Gasteiger charge is 1.94. The van der Waals surface area contributed by atoms with Crippen LogP contribution in [-0.4, -0.2) is 12.5 Å². The van der Waals surface area contributed by atoms with E-state index in [9.17, 15) is 4.79 Å². The first kappa shape index (κ1) is 8.95. The van der Waals surface area contributed by atoms with Crippen LogP contribution >= 0.6 is 0 Å². The lowest BCUT2D eigenvalue weighted by Crippen LogP contribution is -2.22. The van der Waals surface area contributed by atoms with E-state index >= 15 is 0 Å². The molecule has 2 nitrogen and oxygen atoms in total. The van der Waals surface area contributed by atoms with Gasteiger partial charge < -0.3 is 5.32 Å². The van der Waals surface area contributed by atoms with Crippen LogP contribution in [0.2, 0.25) is 0 Å². The third kappa shape index (κ3) is 5.09. The van der Waals surface area contributed by atoms with Crippen LogP contribution in [0.15, 0.2) is 25.3 Å². The second-order valence-electron chi connectivity index (χ2n) is 1.92. The first-order valence-electron chi connectivity index (χ1n) is 3.29. The number of carbonyl (C=O) groups is 1. The van der Waals surface area contributed by atoms with Crippen LogP contribution in [0.25, 0.3) is 0 Å². The zero-order valence-electron chi connectivity index (χ0n) is 6.10. The van der Waals surface area contributed by atoms with Crippen molar-refractivity contribution in [1.82, 2.24) is 5.32 Å². The average molecular weight is 139 g/mol. The molecule has 0 saturated heterocycles. The summed E-state index contributed by atoms with van der Waals surface area (Å²) in [5.74, 6) is 0.0554. The molecule has 0 aliphatic carbocycles. The molecule has 0 aromatic rings. The van der Waals surface area contributed by atoms with E-state index in [0.29, 0.717) is 13.0 Å². The number of allylic oxidation sites excluding steroid dienone is 1. The third-order valence-electron chi connectivity index (χ3n) is 1.02. The highest BCUT2D eigenvalue weighted by Crippen LogP contribution is 1.87. The van der Waals surface area contributed by atoms with Gasteiger partial charge in [0.1, 0.15) is 0 Å². The molecule has 0 spiro atoms. The minimum absolute atomic E-state index is 0.0554. The van der Waals surface area contributed by atoms with Crippen molar-refractivity contribution in [2.45, 2.75) is 12.8 Å². The molecule has 56 valence electrons. The van der Waals surface area contributed by atoms with Crippen molar-refractivity contribution < 1.29 is 4.79 Å². The lowest BCUT2D eigenvalue weighted by Gasteiger charge is -1.97. The highest BCUT2D eigenvalue weighted by atomic mass is 16.1. The summed E-state index contributed by atoms with van der Waals surface area (Å²) in [5, 5.41) is 2.66. The number of carbonyl (C=O) groups excluding carboxylic acids is 1. The second kappa shape index (κ2) is 6.08.